The van der Waals surface area contributed by atoms with Gasteiger partial charge in [-0.25, -0.2) is 0 Å². The first-order valence-electron chi connectivity index (χ1n) is 16.1. The van der Waals surface area contributed by atoms with Crippen LogP contribution in [0, 0.1) is 6.92 Å². The van der Waals surface area contributed by atoms with Crippen LogP contribution in [0.4, 0.5) is 0 Å². The van der Waals surface area contributed by atoms with Gasteiger partial charge in [-0.3, -0.25) is 0 Å². The number of allylic oxidation sites excluding steroid dienone is 2. The van der Waals surface area contributed by atoms with E-state index in [2.05, 4.69) is 160 Å². The molecule has 6 aromatic carbocycles. The van der Waals surface area contributed by atoms with Gasteiger partial charge in [-0.15, -0.1) is 0 Å². The number of rotatable bonds is 5. The predicted molar refractivity (Wildman–Crippen MR) is 194 cm³/mol. The van der Waals surface area contributed by atoms with Gasteiger partial charge in [0.2, 0.25) is 0 Å². The fourth-order valence-corrected chi connectivity index (χ4v) is 12.7. The van der Waals surface area contributed by atoms with Crippen molar-refractivity contribution in [2.75, 3.05) is 0 Å². The van der Waals surface area contributed by atoms with Crippen LogP contribution in [-0.2, 0) is 0 Å². The van der Waals surface area contributed by atoms with Gasteiger partial charge in [0.1, 0.15) is 0 Å². The third-order valence-electron chi connectivity index (χ3n) is 10.5. The monoisotopic (exact) mass is 582 g/mol. The van der Waals surface area contributed by atoms with Crippen LogP contribution in [0.1, 0.15) is 52.2 Å². The molecule has 0 spiro atoms. The number of hydrogen-bond acceptors (Lipinski definition) is 0. The Bertz CT molecular complexity index is 2160. The molecule has 0 saturated carbocycles. The lowest BCUT2D eigenvalue weighted by molar-refractivity contribution is 0.939. The zero-order chi connectivity index (χ0) is 30.0. The summed E-state index contributed by atoms with van der Waals surface area (Å²) in [6.07, 6.45) is 8.63. The zero-order valence-electron chi connectivity index (χ0n) is 26.1. The van der Waals surface area contributed by atoms with Crippen LogP contribution in [0.3, 0.4) is 0 Å². The molecule has 0 bridgehead atoms. The molecule has 0 aliphatic heterocycles. The lowest BCUT2D eigenvalue weighted by Crippen LogP contribution is -2.41. The Morgan fingerprint density at radius 3 is 2.00 bits per heavy atom. The van der Waals surface area contributed by atoms with Gasteiger partial charge in [-0.2, -0.15) is 0 Å². The Morgan fingerprint density at radius 2 is 1.23 bits per heavy atom. The van der Waals surface area contributed by atoms with E-state index in [0.717, 1.165) is 6.42 Å². The predicted octanol–water partition coefficient (Wildman–Crippen LogP) is 12.1. The molecule has 0 heterocycles. The van der Waals surface area contributed by atoms with E-state index in [1.807, 2.05) is 0 Å². The van der Waals surface area contributed by atoms with Gasteiger partial charge < -0.3 is 0 Å². The van der Waals surface area contributed by atoms with Gasteiger partial charge >= 0.3 is 0 Å². The van der Waals surface area contributed by atoms with Gasteiger partial charge in [-0.1, -0.05) is 153 Å². The molecule has 2 atom stereocenters. The second-order valence-corrected chi connectivity index (χ2v) is 18.1. The number of fused-ring (bicyclic) bond motifs is 5. The highest BCUT2D eigenvalue weighted by Crippen LogP contribution is 2.53. The smallest absolute Gasteiger partial charge is 0.0718 e. The van der Waals surface area contributed by atoms with Crippen LogP contribution in [0.2, 0.25) is 13.1 Å². The Labute approximate surface area is 262 Å². The fraction of sp³-hybridized carbons (Fsp3) is 0.163. The SMILES string of the molecule is CCC1=Cc2c(-c3cc4ccccc4c4ccccc34)cccc2C1[Si](C)(C)C1C=Cc2c(-c3ccccc3C)cccc21. The molecule has 0 saturated heterocycles. The van der Waals surface area contributed by atoms with Gasteiger partial charge in [0.15, 0.2) is 0 Å². The van der Waals surface area contributed by atoms with E-state index in [1.54, 1.807) is 5.57 Å². The summed E-state index contributed by atoms with van der Waals surface area (Å²) in [7, 11) is -1.94. The van der Waals surface area contributed by atoms with E-state index in [0.29, 0.717) is 11.1 Å². The molecule has 0 aromatic heterocycles. The molecule has 214 valence electrons. The van der Waals surface area contributed by atoms with Crippen molar-refractivity contribution < 1.29 is 0 Å². The first-order valence-corrected chi connectivity index (χ1v) is 19.2. The summed E-state index contributed by atoms with van der Waals surface area (Å²) in [6.45, 7) is 9.86. The van der Waals surface area contributed by atoms with Crippen molar-refractivity contribution in [3.05, 3.63) is 155 Å². The summed E-state index contributed by atoms with van der Waals surface area (Å²) in [4.78, 5) is 0. The highest BCUT2D eigenvalue weighted by atomic mass is 28.3. The summed E-state index contributed by atoms with van der Waals surface area (Å²) in [5.41, 5.74) is 15.2. The molecule has 6 aromatic rings. The molecule has 2 unspecified atom stereocenters. The Hall–Kier alpha value is -4.46. The number of hydrogen-bond donors (Lipinski definition) is 0. The van der Waals surface area contributed by atoms with Crippen molar-refractivity contribution in [1.82, 2.24) is 0 Å². The Balaban J connectivity index is 1.27. The normalized spacial score (nSPS) is 17.2. The quantitative estimate of drug-likeness (QED) is 0.140. The maximum Gasteiger partial charge on any atom is 0.0718 e. The molecule has 0 fully saturated rings. The van der Waals surface area contributed by atoms with Crippen molar-refractivity contribution in [1.29, 1.82) is 0 Å². The van der Waals surface area contributed by atoms with Crippen LogP contribution in [-0.4, -0.2) is 8.07 Å². The second-order valence-electron chi connectivity index (χ2n) is 13.3. The number of benzene rings is 6. The Kier molecular flexibility index (Phi) is 6.36. The Morgan fingerprint density at radius 1 is 0.591 bits per heavy atom. The highest BCUT2D eigenvalue weighted by Gasteiger charge is 2.46. The van der Waals surface area contributed by atoms with Gasteiger partial charge in [0.25, 0.3) is 0 Å². The average Bonchev–Trinajstić information content (AvgIpc) is 3.68. The van der Waals surface area contributed by atoms with E-state index < -0.39 is 8.07 Å². The molecular weight excluding hydrogens is 545 g/mol. The minimum atomic E-state index is -1.94. The summed E-state index contributed by atoms with van der Waals surface area (Å²) in [6, 6.07) is 43.1. The second kappa shape index (κ2) is 10.3. The zero-order valence-corrected chi connectivity index (χ0v) is 27.1. The maximum atomic E-state index is 2.64. The van der Waals surface area contributed by atoms with Crippen molar-refractivity contribution in [2.45, 2.75) is 44.4 Å². The summed E-state index contributed by atoms with van der Waals surface area (Å²) >= 11 is 0. The van der Waals surface area contributed by atoms with Gasteiger partial charge in [0, 0.05) is 5.54 Å². The van der Waals surface area contributed by atoms with Crippen molar-refractivity contribution >= 4 is 41.8 Å². The first kappa shape index (κ1) is 27.1. The molecule has 2 aliphatic carbocycles. The highest BCUT2D eigenvalue weighted by molar-refractivity contribution is 6.81. The van der Waals surface area contributed by atoms with E-state index in [4.69, 9.17) is 0 Å². The third kappa shape index (κ3) is 4.03. The lowest BCUT2D eigenvalue weighted by Gasteiger charge is -2.38. The summed E-state index contributed by atoms with van der Waals surface area (Å²) < 4.78 is 0. The molecule has 2 aliphatic rings. The van der Waals surface area contributed by atoms with Crippen molar-refractivity contribution in [3.8, 4) is 22.3 Å². The van der Waals surface area contributed by atoms with Crippen LogP contribution in [0.5, 0.6) is 0 Å². The van der Waals surface area contributed by atoms with E-state index in [9.17, 15) is 0 Å². The first-order chi connectivity index (χ1) is 21.5. The van der Waals surface area contributed by atoms with Crippen LogP contribution < -0.4 is 0 Å². The van der Waals surface area contributed by atoms with Crippen molar-refractivity contribution in [2.24, 2.45) is 0 Å². The van der Waals surface area contributed by atoms with Gasteiger partial charge in [-0.05, 0) is 96.6 Å². The lowest BCUT2D eigenvalue weighted by atomic mass is 9.90. The largest absolute Gasteiger partial charge is 0.0791 e. The minimum absolute atomic E-state index is 0.470. The molecule has 0 radical (unpaired) electrons. The van der Waals surface area contributed by atoms with Gasteiger partial charge in [0.05, 0.1) is 8.07 Å². The fourth-order valence-electron chi connectivity index (χ4n) is 8.44. The molecule has 8 rings (SSSR count). The summed E-state index contributed by atoms with van der Waals surface area (Å²) in [5.74, 6) is 0. The molecular formula is C43H38Si. The van der Waals surface area contributed by atoms with E-state index in [-0.39, 0.29) is 0 Å². The molecule has 0 amide bonds. The summed E-state index contributed by atoms with van der Waals surface area (Å²) in [5, 5.41) is 5.30. The molecule has 44 heavy (non-hydrogen) atoms. The van der Waals surface area contributed by atoms with Crippen LogP contribution >= 0.6 is 0 Å². The van der Waals surface area contributed by atoms with Crippen molar-refractivity contribution in [3.63, 3.8) is 0 Å². The molecule has 0 nitrogen and oxygen atoms in total. The minimum Gasteiger partial charge on any atom is -0.0791 e. The van der Waals surface area contributed by atoms with E-state index in [1.165, 1.54) is 71.6 Å². The average molecular weight is 583 g/mol. The molecule has 1 heteroatoms. The van der Waals surface area contributed by atoms with Crippen LogP contribution in [0.25, 0.3) is 56.0 Å². The standard InChI is InChI=1S/C43H38Si/c1-5-29-26-41-36(40-27-30-15-7-9-17-32(30)34-18-10-11-19-35(34)40)21-13-23-39(41)43(29)44(3,4)42-25-24-37-33(20-12-22-38(37)42)31-16-8-6-14-28(31)2/h6-27,42-43H,5H2,1-4H3. The van der Waals surface area contributed by atoms with E-state index >= 15 is 0 Å². The number of aryl methyl sites for hydroxylation is 1. The topological polar surface area (TPSA) is 0 Å². The molecule has 0 N–H and O–H groups in total. The maximum absolute atomic E-state index is 2.64. The third-order valence-corrected chi connectivity index (χ3v) is 14.8. The van der Waals surface area contributed by atoms with Crippen LogP contribution in [0.15, 0.2) is 127 Å².